The standard InChI is InChI=1S/C15H16N2O2/c1-10-5-4-6-11(2)15(10)16-14(18)8-7-13-9-12(3)19-17-13/h4-9H,1-3H3,(H,16,18)/b8-7+. The van der Waals surface area contributed by atoms with Crippen molar-refractivity contribution in [2.24, 2.45) is 0 Å². The zero-order chi connectivity index (χ0) is 13.8. The van der Waals surface area contributed by atoms with Crippen LogP contribution in [0.4, 0.5) is 5.69 Å². The normalized spacial score (nSPS) is 10.9. The fourth-order valence-electron chi connectivity index (χ4n) is 1.80. The quantitative estimate of drug-likeness (QED) is 0.857. The lowest BCUT2D eigenvalue weighted by atomic mass is 10.1. The molecule has 0 saturated carbocycles. The van der Waals surface area contributed by atoms with Gasteiger partial charge in [-0.2, -0.15) is 0 Å². The highest BCUT2D eigenvalue weighted by Gasteiger charge is 2.04. The van der Waals surface area contributed by atoms with Crippen molar-refractivity contribution >= 4 is 17.7 Å². The molecule has 0 spiro atoms. The number of nitrogens with one attached hydrogen (secondary N) is 1. The Labute approximate surface area is 112 Å². The summed E-state index contributed by atoms with van der Waals surface area (Å²) < 4.78 is 4.92. The van der Waals surface area contributed by atoms with Crippen LogP contribution in [0, 0.1) is 20.8 Å². The van der Waals surface area contributed by atoms with Crippen molar-refractivity contribution in [3.63, 3.8) is 0 Å². The summed E-state index contributed by atoms with van der Waals surface area (Å²) in [7, 11) is 0. The molecule has 1 amide bonds. The van der Waals surface area contributed by atoms with Crippen molar-refractivity contribution in [1.82, 2.24) is 5.16 Å². The molecule has 0 bridgehead atoms. The van der Waals surface area contributed by atoms with E-state index in [1.165, 1.54) is 6.08 Å². The van der Waals surface area contributed by atoms with E-state index in [9.17, 15) is 4.79 Å². The molecular weight excluding hydrogens is 240 g/mol. The summed E-state index contributed by atoms with van der Waals surface area (Å²) in [6.07, 6.45) is 3.07. The molecule has 2 rings (SSSR count). The number of hydrogen-bond donors (Lipinski definition) is 1. The molecule has 1 heterocycles. The monoisotopic (exact) mass is 256 g/mol. The summed E-state index contributed by atoms with van der Waals surface area (Å²) in [5.41, 5.74) is 3.57. The maximum Gasteiger partial charge on any atom is 0.248 e. The maximum atomic E-state index is 11.8. The molecule has 0 aliphatic rings. The van der Waals surface area contributed by atoms with Gasteiger partial charge in [-0.1, -0.05) is 23.4 Å². The van der Waals surface area contributed by atoms with E-state index in [-0.39, 0.29) is 5.91 Å². The van der Waals surface area contributed by atoms with Gasteiger partial charge in [-0.15, -0.1) is 0 Å². The second kappa shape index (κ2) is 5.52. The lowest BCUT2D eigenvalue weighted by molar-refractivity contribution is -0.111. The second-order valence-electron chi connectivity index (χ2n) is 4.45. The highest BCUT2D eigenvalue weighted by atomic mass is 16.5. The molecule has 0 aliphatic heterocycles. The number of carbonyl (C=O) groups is 1. The first-order valence-electron chi connectivity index (χ1n) is 6.05. The summed E-state index contributed by atoms with van der Waals surface area (Å²) in [6, 6.07) is 7.66. The molecule has 19 heavy (non-hydrogen) atoms. The summed E-state index contributed by atoms with van der Waals surface area (Å²) in [5, 5.41) is 6.66. The number of aromatic nitrogens is 1. The third-order valence-electron chi connectivity index (χ3n) is 2.78. The first-order chi connectivity index (χ1) is 9.06. The fourth-order valence-corrected chi connectivity index (χ4v) is 1.80. The molecule has 98 valence electrons. The van der Waals surface area contributed by atoms with E-state index in [1.807, 2.05) is 32.0 Å². The van der Waals surface area contributed by atoms with E-state index in [0.29, 0.717) is 5.69 Å². The zero-order valence-corrected chi connectivity index (χ0v) is 11.2. The number of aryl methyl sites for hydroxylation is 3. The minimum atomic E-state index is -0.182. The summed E-state index contributed by atoms with van der Waals surface area (Å²) in [6.45, 7) is 5.74. The number of nitrogens with zero attached hydrogens (tertiary/aromatic N) is 1. The highest BCUT2D eigenvalue weighted by Crippen LogP contribution is 2.19. The van der Waals surface area contributed by atoms with Crippen molar-refractivity contribution in [3.05, 3.63) is 52.9 Å². The molecule has 0 aliphatic carbocycles. The first-order valence-corrected chi connectivity index (χ1v) is 6.05. The number of benzene rings is 1. The SMILES string of the molecule is Cc1cc(/C=C/C(=O)Nc2c(C)cccc2C)no1. The maximum absolute atomic E-state index is 11.8. The van der Waals surface area contributed by atoms with Gasteiger partial charge in [0.05, 0.1) is 0 Å². The van der Waals surface area contributed by atoms with Gasteiger partial charge < -0.3 is 9.84 Å². The van der Waals surface area contributed by atoms with Gasteiger partial charge in [0, 0.05) is 17.8 Å². The van der Waals surface area contributed by atoms with Gasteiger partial charge in [-0.25, -0.2) is 0 Å². The van der Waals surface area contributed by atoms with Gasteiger partial charge in [0.2, 0.25) is 5.91 Å². The van der Waals surface area contributed by atoms with Gasteiger partial charge in [-0.3, -0.25) is 4.79 Å². The van der Waals surface area contributed by atoms with Crippen LogP contribution in [0.15, 0.2) is 34.9 Å². The Hall–Kier alpha value is -2.36. The van der Waals surface area contributed by atoms with E-state index < -0.39 is 0 Å². The highest BCUT2D eigenvalue weighted by molar-refractivity contribution is 6.02. The Balaban J connectivity index is 2.07. The zero-order valence-electron chi connectivity index (χ0n) is 11.2. The van der Waals surface area contributed by atoms with E-state index in [2.05, 4.69) is 10.5 Å². The lowest BCUT2D eigenvalue weighted by Crippen LogP contribution is -2.10. The summed E-state index contributed by atoms with van der Waals surface area (Å²) >= 11 is 0. The molecule has 4 heteroatoms. The fraction of sp³-hybridized carbons (Fsp3) is 0.200. The Bertz CT molecular complexity index is 607. The van der Waals surface area contributed by atoms with Crippen molar-refractivity contribution < 1.29 is 9.32 Å². The molecule has 0 radical (unpaired) electrons. The Morgan fingerprint density at radius 1 is 1.26 bits per heavy atom. The predicted molar refractivity (Wildman–Crippen MR) is 74.8 cm³/mol. The van der Waals surface area contributed by atoms with Crippen LogP contribution in [0.5, 0.6) is 0 Å². The molecule has 1 aromatic carbocycles. The number of rotatable bonds is 3. The average Bonchev–Trinajstić information content (AvgIpc) is 2.77. The summed E-state index contributed by atoms with van der Waals surface area (Å²) in [5.74, 6) is 0.535. The predicted octanol–water partition coefficient (Wildman–Crippen LogP) is 3.25. The van der Waals surface area contributed by atoms with E-state index in [1.54, 1.807) is 19.1 Å². The minimum absolute atomic E-state index is 0.182. The minimum Gasteiger partial charge on any atom is -0.361 e. The van der Waals surface area contributed by atoms with Crippen molar-refractivity contribution in [3.8, 4) is 0 Å². The van der Waals surface area contributed by atoms with Gasteiger partial charge in [0.25, 0.3) is 0 Å². The van der Waals surface area contributed by atoms with Crippen LogP contribution in [0.2, 0.25) is 0 Å². The Morgan fingerprint density at radius 3 is 2.53 bits per heavy atom. The van der Waals surface area contributed by atoms with Gasteiger partial charge >= 0.3 is 0 Å². The number of hydrogen-bond acceptors (Lipinski definition) is 3. The molecule has 0 saturated heterocycles. The first kappa shape index (κ1) is 13.1. The van der Waals surface area contributed by atoms with Crippen molar-refractivity contribution in [1.29, 1.82) is 0 Å². The molecule has 1 aromatic heterocycles. The van der Waals surface area contributed by atoms with Gasteiger partial charge in [0.15, 0.2) is 0 Å². The smallest absolute Gasteiger partial charge is 0.248 e. The van der Waals surface area contributed by atoms with Crippen LogP contribution < -0.4 is 5.32 Å². The molecular formula is C15H16N2O2. The molecule has 1 N–H and O–H groups in total. The molecule has 0 atom stereocenters. The van der Waals surface area contributed by atoms with Crippen LogP contribution in [-0.2, 0) is 4.79 Å². The largest absolute Gasteiger partial charge is 0.361 e. The Kier molecular flexibility index (Phi) is 3.80. The van der Waals surface area contributed by atoms with Crippen LogP contribution in [-0.4, -0.2) is 11.1 Å². The van der Waals surface area contributed by atoms with Crippen LogP contribution in [0.25, 0.3) is 6.08 Å². The van der Waals surface area contributed by atoms with Crippen molar-refractivity contribution in [2.75, 3.05) is 5.32 Å². The van der Waals surface area contributed by atoms with Gasteiger partial charge in [0.1, 0.15) is 11.5 Å². The van der Waals surface area contributed by atoms with E-state index >= 15 is 0 Å². The molecule has 4 nitrogen and oxygen atoms in total. The van der Waals surface area contributed by atoms with E-state index in [4.69, 9.17) is 4.52 Å². The summed E-state index contributed by atoms with van der Waals surface area (Å²) in [4.78, 5) is 11.8. The van der Waals surface area contributed by atoms with Crippen LogP contribution in [0.3, 0.4) is 0 Å². The number of anilines is 1. The van der Waals surface area contributed by atoms with E-state index in [0.717, 1.165) is 22.6 Å². The number of para-hydroxylation sites is 1. The van der Waals surface area contributed by atoms with Crippen LogP contribution >= 0.6 is 0 Å². The lowest BCUT2D eigenvalue weighted by Gasteiger charge is -2.09. The van der Waals surface area contributed by atoms with Crippen LogP contribution in [0.1, 0.15) is 22.6 Å². The third-order valence-corrected chi connectivity index (χ3v) is 2.78. The topological polar surface area (TPSA) is 55.1 Å². The van der Waals surface area contributed by atoms with Crippen molar-refractivity contribution in [2.45, 2.75) is 20.8 Å². The molecule has 0 unspecified atom stereocenters. The Morgan fingerprint density at radius 2 is 1.95 bits per heavy atom. The third kappa shape index (κ3) is 3.31. The average molecular weight is 256 g/mol. The number of carbonyl (C=O) groups excluding carboxylic acids is 1. The van der Waals surface area contributed by atoms with Gasteiger partial charge in [-0.05, 0) is 38.0 Å². The second-order valence-corrected chi connectivity index (χ2v) is 4.45. The molecule has 0 fully saturated rings. The molecule has 2 aromatic rings. The number of amides is 1.